The van der Waals surface area contributed by atoms with Crippen LogP contribution in [0.5, 0.6) is 5.75 Å². The van der Waals surface area contributed by atoms with E-state index < -0.39 is 0 Å². The highest BCUT2D eigenvalue weighted by molar-refractivity contribution is 7.99. The summed E-state index contributed by atoms with van der Waals surface area (Å²) in [6, 6.07) is 6.29. The fraction of sp³-hybridized carbons (Fsp3) is 0.455. The molecule has 1 aromatic rings. The molecule has 0 aromatic heterocycles. The lowest BCUT2D eigenvalue weighted by molar-refractivity contribution is 0.329. The van der Waals surface area contributed by atoms with Gasteiger partial charge in [0.15, 0.2) is 0 Å². The normalized spacial score (nSPS) is 14.6. The zero-order valence-electron chi connectivity index (χ0n) is 8.16. The smallest absolute Gasteiger partial charge is 0.133 e. The van der Waals surface area contributed by atoms with Gasteiger partial charge < -0.3 is 10.5 Å². The first kappa shape index (κ1) is 9.87. The first-order valence-electron chi connectivity index (χ1n) is 4.99. The van der Waals surface area contributed by atoms with Gasteiger partial charge in [-0.3, -0.25) is 0 Å². The van der Waals surface area contributed by atoms with Gasteiger partial charge in [0, 0.05) is 5.75 Å². The molecule has 0 amide bonds. The van der Waals surface area contributed by atoms with E-state index in [2.05, 4.69) is 12.1 Å². The molecule has 0 atom stereocenters. The monoisotopic (exact) mass is 209 g/mol. The highest BCUT2D eigenvalue weighted by Crippen LogP contribution is 2.36. The molecule has 0 saturated carbocycles. The van der Waals surface area contributed by atoms with Crippen LogP contribution in [0.1, 0.15) is 12.0 Å². The van der Waals surface area contributed by atoms with Crippen molar-refractivity contribution in [3.63, 3.8) is 0 Å². The SMILES string of the molecule is NCCCc1cccc2c1SCCO2. The van der Waals surface area contributed by atoms with E-state index in [1.54, 1.807) is 0 Å². The van der Waals surface area contributed by atoms with E-state index in [9.17, 15) is 0 Å². The van der Waals surface area contributed by atoms with E-state index in [1.165, 1.54) is 10.5 Å². The number of aryl methyl sites for hydroxylation is 1. The molecule has 0 radical (unpaired) electrons. The summed E-state index contributed by atoms with van der Waals surface area (Å²) in [5, 5.41) is 0. The lowest BCUT2D eigenvalue weighted by atomic mass is 10.1. The van der Waals surface area contributed by atoms with Crippen molar-refractivity contribution in [1.29, 1.82) is 0 Å². The Morgan fingerprint density at radius 2 is 2.36 bits per heavy atom. The first-order valence-corrected chi connectivity index (χ1v) is 5.98. The van der Waals surface area contributed by atoms with Crippen molar-refractivity contribution in [3.8, 4) is 5.75 Å². The molecule has 2 nitrogen and oxygen atoms in total. The second-order valence-electron chi connectivity index (χ2n) is 3.33. The summed E-state index contributed by atoms with van der Waals surface area (Å²) in [6.45, 7) is 1.59. The molecule has 0 aliphatic carbocycles. The fourth-order valence-electron chi connectivity index (χ4n) is 1.62. The lowest BCUT2D eigenvalue weighted by Gasteiger charge is -2.19. The van der Waals surface area contributed by atoms with Crippen molar-refractivity contribution in [2.75, 3.05) is 18.9 Å². The number of fused-ring (bicyclic) bond motifs is 1. The van der Waals surface area contributed by atoms with Gasteiger partial charge in [-0.2, -0.15) is 0 Å². The van der Waals surface area contributed by atoms with E-state index in [0.717, 1.165) is 37.5 Å². The molecule has 76 valence electrons. The van der Waals surface area contributed by atoms with Crippen molar-refractivity contribution in [1.82, 2.24) is 0 Å². The van der Waals surface area contributed by atoms with E-state index in [0.29, 0.717) is 0 Å². The average molecular weight is 209 g/mol. The quantitative estimate of drug-likeness (QED) is 0.827. The number of thioether (sulfide) groups is 1. The van der Waals surface area contributed by atoms with Crippen molar-refractivity contribution in [2.45, 2.75) is 17.7 Å². The van der Waals surface area contributed by atoms with Crippen LogP contribution in [-0.2, 0) is 6.42 Å². The van der Waals surface area contributed by atoms with Gasteiger partial charge in [-0.05, 0) is 31.0 Å². The van der Waals surface area contributed by atoms with Crippen molar-refractivity contribution in [2.24, 2.45) is 5.73 Å². The molecular weight excluding hydrogens is 194 g/mol. The predicted molar refractivity (Wildman–Crippen MR) is 60.0 cm³/mol. The van der Waals surface area contributed by atoms with Gasteiger partial charge in [0.25, 0.3) is 0 Å². The third-order valence-corrected chi connectivity index (χ3v) is 3.42. The molecule has 0 spiro atoms. The summed E-state index contributed by atoms with van der Waals surface area (Å²) in [7, 11) is 0. The Bertz CT molecular complexity index is 314. The van der Waals surface area contributed by atoms with Gasteiger partial charge in [0.2, 0.25) is 0 Å². The number of rotatable bonds is 3. The predicted octanol–water partition coefficient (Wildman–Crippen LogP) is 2.06. The molecule has 0 bridgehead atoms. The van der Waals surface area contributed by atoms with Crippen LogP contribution in [-0.4, -0.2) is 18.9 Å². The molecule has 1 aliphatic heterocycles. The first-order chi connectivity index (χ1) is 6.92. The molecule has 1 aliphatic rings. The third kappa shape index (κ3) is 2.04. The number of ether oxygens (including phenoxy) is 1. The maximum atomic E-state index is 5.59. The van der Waals surface area contributed by atoms with Crippen LogP contribution in [0.25, 0.3) is 0 Å². The Hall–Kier alpha value is -0.670. The van der Waals surface area contributed by atoms with Crippen LogP contribution in [0.3, 0.4) is 0 Å². The van der Waals surface area contributed by atoms with Crippen LogP contribution in [0.4, 0.5) is 0 Å². The van der Waals surface area contributed by atoms with Crippen molar-refractivity contribution in [3.05, 3.63) is 23.8 Å². The third-order valence-electron chi connectivity index (χ3n) is 2.30. The molecular formula is C11H15NOS. The Balaban J connectivity index is 2.21. The standard InChI is InChI=1S/C11H15NOS/c12-6-2-4-9-3-1-5-10-11(9)14-8-7-13-10/h1,3,5H,2,4,6-8,12H2. The van der Waals surface area contributed by atoms with Gasteiger partial charge >= 0.3 is 0 Å². The number of hydrogen-bond donors (Lipinski definition) is 1. The van der Waals surface area contributed by atoms with E-state index in [1.807, 2.05) is 17.8 Å². The van der Waals surface area contributed by atoms with E-state index >= 15 is 0 Å². The topological polar surface area (TPSA) is 35.2 Å². The Kier molecular flexibility index (Phi) is 3.32. The number of nitrogens with two attached hydrogens (primary N) is 1. The maximum absolute atomic E-state index is 5.59. The number of benzene rings is 1. The van der Waals surface area contributed by atoms with Gasteiger partial charge in [-0.1, -0.05) is 12.1 Å². The summed E-state index contributed by atoms with van der Waals surface area (Å²) >= 11 is 1.90. The minimum absolute atomic E-state index is 0.759. The van der Waals surface area contributed by atoms with Gasteiger partial charge in [0.1, 0.15) is 5.75 Å². The Morgan fingerprint density at radius 1 is 1.43 bits per heavy atom. The summed E-state index contributed by atoms with van der Waals surface area (Å²) in [5.41, 5.74) is 6.90. The second-order valence-corrected chi connectivity index (χ2v) is 4.44. The largest absolute Gasteiger partial charge is 0.492 e. The molecule has 14 heavy (non-hydrogen) atoms. The van der Waals surface area contributed by atoms with Crippen LogP contribution in [0.15, 0.2) is 23.1 Å². The Morgan fingerprint density at radius 3 is 3.21 bits per heavy atom. The fourth-order valence-corrected chi connectivity index (χ4v) is 2.62. The van der Waals surface area contributed by atoms with Crippen LogP contribution >= 0.6 is 11.8 Å². The highest BCUT2D eigenvalue weighted by Gasteiger charge is 2.13. The average Bonchev–Trinajstić information content (AvgIpc) is 2.26. The second kappa shape index (κ2) is 4.71. The molecule has 3 heteroatoms. The Labute approximate surface area is 88.8 Å². The molecule has 1 heterocycles. The van der Waals surface area contributed by atoms with Crippen LogP contribution < -0.4 is 10.5 Å². The summed E-state index contributed by atoms with van der Waals surface area (Å²) in [6.07, 6.45) is 2.12. The van der Waals surface area contributed by atoms with Gasteiger partial charge in [-0.25, -0.2) is 0 Å². The minimum atomic E-state index is 0.759. The maximum Gasteiger partial charge on any atom is 0.133 e. The van der Waals surface area contributed by atoms with Gasteiger partial charge in [0.05, 0.1) is 11.5 Å². The molecule has 1 aromatic carbocycles. The van der Waals surface area contributed by atoms with Crippen molar-refractivity contribution >= 4 is 11.8 Å². The molecule has 0 fully saturated rings. The molecule has 2 rings (SSSR count). The number of hydrogen-bond acceptors (Lipinski definition) is 3. The van der Waals surface area contributed by atoms with Crippen LogP contribution in [0, 0.1) is 0 Å². The van der Waals surface area contributed by atoms with Crippen LogP contribution in [0.2, 0.25) is 0 Å². The lowest BCUT2D eigenvalue weighted by Crippen LogP contribution is -2.09. The minimum Gasteiger partial charge on any atom is -0.492 e. The summed E-state index contributed by atoms with van der Waals surface area (Å²) in [4.78, 5) is 1.33. The molecule has 0 unspecified atom stereocenters. The molecule has 0 saturated heterocycles. The summed E-state index contributed by atoms with van der Waals surface area (Å²) < 4.78 is 5.59. The highest BCUT2D eigenvalue weighted by atomic mass is 32.2. The zero-order valence-corrected chi connectivity index (χ0v) is 8.98. The zero-order chi connectivity index (χ0) is 9.80. The van der Waals surface area contributed by atoms with Gasteiger partial charge in [-0.15, -0.1) is 11.8 Å². The van der Waals surface area contributed by atoms with E-state index in [-0.39, 0.29) is 0 Å². The molecule has 2 N–H and O–H groups in total. The van der Waals surface area contributed by atoms with Crippen molar-refractivity contribution < 1.29 is 4.74 Å². The summed E-state index contributed by atoms with van der Waals surface area (Å²) in [5.74, 6) is 2.11. The van der Waals surface area contributed by atoms with E-state index in [4.69, 9.17) is 10.5 Å².